The quantitative estimate of drug-likeness (QED) is 0.675. The molecule has 1 aliphatic rings. The van der Waals surface area contributed by atoms with Crippen molar-refractivity contribution in [1.29, 1.82) is 0 Å². The molecule has 8 heteroatoms. The average molecular weight is 202 g/mol. The molecule has 0 bridgehead atoms. The van der Waals surface area contributed by atoms with Gasteiger partial charge >= 0.3 is 5.91 Å². The van der Waals surface area contributed by atoms with Crippen LogP contribution in [0.15, 0.2) is 27.1 Å². The van der Waals surface area contributed by atoms with Crippen LogP contribution >= 0.6 is 0 Å². The van der Waals surface area contributed by atoms with Gasteiger partial charge in [0.05, 0.1) is 6.20 Å². The minimum atomic E-state index is -0.485. The van der Waals surface area contributed by atoms with Crippen molar-refractivity contribution in [3.8, 4) is 11.6 Å². The largest absolute Gasteiger partial charge is 0.333 e. The van der Waals surface area contributed by atoms with Gasteiger partial charge in [-0.1, -0.05) is 0 Å². The molecule has 15 heavy (non-hydrogen) atoms. The summed E-state index contributed by atoms with van der Waals surface area (Å²) in [5, 5.41) is 13.7. The van der Waals surface area contributed by atoms with Gasteiger partial charge < -0.3 is 4.52 Å². The fourth-order valence-corrected chi connectivity index (χ4v) is 1.14. The molecular formula is C7H2N6O2. The van der Waals surface area contributed by atoms with Gasteiger partial charge in [-0.05, 0) is 0 Å². The van der Waals surface area contributed by atoms with Crippen molar-refractivity contribution in [2.45, 2.75) is 0 Å². The van der Waals surface area contributed by atoms with Gasteiger partial charge in [0.25, 0.3) is 0 Å². The molecular weight excluding hydrogens is 200 g/mol. The summed E-state index contributed by atoms with van der Waals surface area (Å²) >= 11 is 0. The number of carbonyl (C=O) groups is 1. The fourth-order valence-electron chi connectivity index (χ4n) is 1.14. The van der Waals surface area contributed by atoms with E-state index in [4.69, 9.17) is 4.52 Å². The van der Waals surface area contributed by atoms with Gasteiger partial charge in [-0.2, -0.15) is 0 Å². The van der Waals surface area contributed by atoms with E-state index in [0.717, 1.165) is 0 Å². The summed E-state index contributed by atoms with van der Waals surface area (Å²) in [6.07, 6.45) is 2.75. The standard InChI is InChI=1S/C7H2N6O2/c14-7-5-3(11-12-7)1-8-6(10-5)4-2-9-13-15-4/h1-2H. The average Bonchev–Trinajstić information content (AvgIpc) is 2.88. The Labute approximate surface area is 82.0 Å². The maximum absolute atomic E-state index is 11.2. The van der Waals surface area contributed by atoms with E-state index in [9.17, 15) is 4.79 Å². The first-order valence-electron chi connectivity index (χ1n) is 3.95. The van der Waals surface area contributed by atoms with Crippen molar-refractivity contribution in [3.63, 3.8) is 0 Å². The number of aromatic nitrogens is 4. The minimum absolute atomic E-state index is 0.163. The lowest BCUT2D eigenvalue weighted by Gasteiger charge is -1.94. The van der Waals surface area contributed by atoms with Crippen LogP contribution in [0.5, 0.6) is 0 Å². The molecule has 0 unspecified atom stereocenters. The Kier molecular flexibility index (Phi) is 1.43. The van der Waals surface area contributed by atoms with Crippen molar-refractivity contribution < 1.29 is 9.32 Å². The second kappa shape index (κ2) is 2.74. The van der Waals surface area contributed by atoms with Gasteiger partial charge in [-0.25, -0.2) is 9.97 Å². The Hall–Kier alpha value is -2.51. The lowest BCUT2D eigenvalue weighted by Crippen LogP contribution is -1.97. The van der Waals surface area contributed by atoms with Crippen molar-refractivity contribution in [2.24, 2.45) is 10.2 Å². The third-order valence-electron chi connectivity index (χ3n) is 1.80. The normalized spacial score (nSPS) is 13.2. The second-order valence-electron chi connectivity index (χ2n) is 2.71. The number of azo groups is 1. The highest BCUT2D eigenvalue weighted by molar-refractivity contribution is 5.99. The maximum atomic E-state index is 11.2. The molecule has 72 valence electrons. The highest BCUT2D eigenvalue weighted by Gasteiger charge is 2.21. The van der Waals surface area contributed by atoms with Gasteiger partial charge in [0.2, 0.25) is 11.6 Å². The molecule has 0 atom stereocenters. The summed E-state index contributed by atoms with van der Waals surface area (Å²) in [7, 11) is 0. The van der Waals surface area contributed by atoms with Crippen molar-refractivity contribution in [1.82, 2.24) is 20.3 Å². The molecule has 0 saturated heterocycles. The molecule has 0 saturated carbocycles. The molecule has 3 rings (SSSR count). The number of rotatable bonds is 1. The Morgan fingerprint density at radius 1 is 1.20 bits per heavy atom. The predicted octanol–water partition coefficient (Wildman–Crippen LogP) is 0.764. The van der Waals surface area contributed by atoms with Crippen LogP contribution in [0.25, 0.3) is 11.6 Å². The summed E-state index contributed by atoms with van der Waals surface area (Å²) in [5.41, 5.74) is 0.521. The van der Waals surface area contributed by atoms with Gasteiger partial charge in [-0.3, -0.25) is 4.79 Å². The lowest BCUT2D eigenvalue weighted by atomic mass is 10.3. The van der Waals surface area contributed by atoms with E-state index in [1.165, 1.54) is 12.4 Å². The zero-order valence-corrected chi connectivity index (χ0v) is 7.15. The Morgan fingerprint density at radius 3 is 2.93 bits per heavy atom. The number of carbonyl (C=O) groups excluding carboxylic acids is 1. The van der Waals surface area contributed by atoms with Crippen LogP contribution in [-0.2, 0) is 0 Å². The van der Waals surface area contributed by atoms with E-state index >= 15 is 0 Å². The maximum Gasteiger partial charge on any atom is 0.316 e. The fraction of sp³-hybridized carbons (Fsp3) is 0. The molecule has 0 aliphatic carbocycles. The highest BCUT2D eigenvalue weighted by Crippen LogP contribution is 2.25. The smallest absolute Gasteiger partial charge is 0.316 e. The van der Waals surface area contributed by atoms with Crippen LogP contribution in [0, 0.1) is 0 Å². The number of hydrogen-bond acceptors (Lipinski definition) is 7. The molecule has 2 aromatic rings. The monoisotopic (exact) mass is 202 g/mol. The van der Waals surface area contributed by atoms with Crippen molar-refractivity contribution in [3.05, 3.63) is 18.1 Å². The molecule has 1 amide bonds. The van der Waals surface area contributed by atoms with Crippen LogP contribution in [0.1, 0.15) is 10.5 Å². The first kappa shape index (κ1) is 7.85. The molecule has 0 spiro atoms. The molecule has 2 aromatic heterocycles. The Bertz CT molecular complexity index is 561. The van der Waals surface area contributed by atoms with E-state index < -0.39 is 5.91 Å². The lowest BCUT2D eigenvalue weighted by molar-refractivity contribution is 0.0998. The van der Waals surface area contributed by atoms with Crippen LogP contribution in [0.2, 0.25) is 0 Å². The summed E-state index contributed by atoms with van der Waals surface area (Å²) in [6, 6.07) is 0. The second-order valence-corrected chi connectivity index (χ2v) is 2.71. The van der Waals surface area contributed by atoms with Crippen molar-refractivity contribution in [2.75, 3.05) is 0 Å². The zero-order chi connectivity index (χ0) is 10.3. The van der Waals surface area contributed by atoms with Gasteiger partial charge in [0, 0.05) is 5.27 Å². The Balaban J connectivity index is 2.15. The predicted molar refractivity (Wildman–Crippen MR) is 44.2 cm³/mol. The SMILES string of the molecule is O=C1N=Nc2cnc(-c3cnno3)nc21. The first-order chi connectivity index (χ1) is 7.34. The van der Waals surface area contributed by atoms with Gasteiger partial charge in [0.15, 0.2) is 5.69 Å². The van der Waals surface area contributed by atoms with Crippen LogP contribution in [0.4, 0.5) is 5.69 Å². The first-order valence-corrected chi connectivity index (χ1v) is 3.95. The van der Waals surface area contributed by atoms with E-state index in [1.54, 1.807) is 0 Å². The summed E-state index contributed by atoms with van der Waals surface area (Å²) in [4.78, 5) is 19.1. The summed E-state index contributed by atoms with van der Waals surface area (Å²) in [6.45, 7) is 0. The van der Waals surface area contributed by atoms with Crippen LogP contribution in [-0.4, -0.2) is 26.2 Å². The van der Waals surface area contributed by atoms with Crippen molar-refractivity contribution >= 4 is 11.6 Å². The molecule has 3 heterocycles. The van der Waals surface area contributed by atoms with E-state index in [1.807, 2.05) is 0 Å². The summed E-state index contributed by atoms with van der Waals surface area (Å²) < 4.78 is 4.76. The topological polar surface area (TPSA) is 106 Å². The number of fused-ring (bicyclic) bond motifs is 1. The molecule has 0 fully saturated rings. The number of nitrogens with zero attached hydrogens (tertiary/aromatic N) is 6. The minimum Gasteiger partial charge on any atom is -0.333 e. The zero-order valence-electron chi connectivity index (χ0n) is 7.15. The third kappa shape index (κ3) is 1.11. The molecule has 0 aromatic carbocycles. The van der Waals surface area contributed by atoms with Gasteiger partial charge in [0.1, 0.15) is 11.9 Å². The molecule has 0 N–H and O–H groups in total. The van der Waals surface area contributed by atoms with Crippen LogP contribution < -0.4 is 0 Å². The van der Waals surface area contributed by atoms with E-state index in [0.29, 0.717) is 5.69 Å². The molecule has 0 radical (unpaired) electrons. The number of amides is 1. The van der Waals surface area contributed by atoms with E-state index in [-0.39, 0.29) is 17.3 Å². The van der Waals surface area contributed by atoms with E-state index in [2.05, 4.69) is 30.6 Å². The molecule has 8 nitrogen and oxygen atoms in total. The Morgan fingerprint density at radius 2 is 2.13 bits per heavy atom. The van der Waals surface area contributed by atoms with Gasteiger partial charge in [-0.15, -0.1) is 15.3 Å². The number of hydrogen-bond donors (Lipinski definition) is 0. The van der Waals surface area contributed by atoms with Crippen LogP contribution in [0.3, 0.4) is 0 Å². The highest BCUT2D eigenvalue weighted by atomic mass is 16.5. The summed E-state index contributed by atoms with van der Waals surface area (Å²) in [5.74, 6) is 0.0398. The molecule has 1 aliphatic heterocycles. The third-order valence-corrected chi connectivity index (χ3v) is 1.80.